The lowest BCUT2D eigenvalue weighted by Gasteiger charge is -2.24. The monoisotopic (exact) mass is 289 g/mol. The maximum Gasteiger partial charge on any atom is 0.147 e. The standard InChI is InChI=1S/C14H13F2N5/c15-9-5-10-12(13(17)18)20-21(14(10)19-6-9)7-8-3-1-2-4-11(8)16/h1-6,14,20H,7H2,(H3,17,18). The number of benzene rings is 1. The van der Waals surface area contributed by atoms with Crippen LogP contribution in [0.1, 0.15) is 5.56 Å². The molecular weight excluding hydrogens is 276 g/mol. The Morgan fingerprint density at radius 2 is 2.14 bits per heavy atom. The van der Waals surface area contributed by atoms with Gasteiger partial charge in [-0.25, -0.2) is 8.78 Å². The van der Waals surface area contributed by atoms with E-state index in [1.165, 1.54) is 12.1 Å². The van der Waals surface area contributed by atoms with Crippen molar-refractivity contribution in [3.8, 4) is 0 Å². The molecule has 0 saturated carbocycles. The van der Waals surface area contributed by atoms with Crippen LogP contribution in [-0.4, -0.2) is 23.2 Å². The molecule has 1 atom stereocenters. The Bertz CT molecular complexity index is 692. The highest BCUT2D eigenvalue weighted by molar-refractivity contribution is 5.96. The Balaban J connectivity index is 1.90. The van der Waals surface area contributed by atoms with E-state index >= 15 is 0 Å². The lowest BCUT2D eigenvalue weighted by atomic mass is 10.1. The van der Waals surface area contributed by atoms with Crippen molar-refractivity contribution in [2.24, 2.45) is 10.7 Å². The summed E-state index contributed by atoms with van der Waals surface area (Å²) < 4.78 is 27.1. The average molecular weight is 289 g/mol. The van der Waals surface area contributed by atoms with Crippen molar-refractivity contribution in [3.05, 3.63) is 58.8 Å². The van der Waals surface area contributed by atoms with Crippen molar-refractivity contribution in [3.63, 3.8) is 0 Å². The molecule has 5 nitrogen and oxygen atoms in total. The predicted octanol–water partition coefficient (Wildman–Crippen LogP) is 1.60. The van der Waals surface area contributed by atoms with Gasteiger partial charge in [0.15, 0.2) is 0 Å². The van der Waals surface area contributed by atoms with Crippen molar-refractivity contribution in [2.75, 3.05) is 0 Å². The Labute approximate surface area is 119 Å². The minimum atomic E-state index is -0.525. The quantitative estimate of drug-likeness (QED) is 0.584. The van der Waals surface area contributed by atoms with Crippen LogP contribution >= 0.6 is 0 Å². The van der Waals surface area contributed by atoms with Gasteiger partial charge < -0.3 is 11.2 Å². The Morgan fingerprint density at radius 3 is 2.86 bits per heavy atom. The van der Waals surface area contributed by atoms with Gasteiger partial charge in [0, 0.05) is 17.7 Å². The number of amidine groups is 1. The maximum absolute atomic E-state index is 13.7. The molecule has 0 radical (unpaired) electrons. The molecule has 0 bridgehead atoms. The molecule has 1 aromatic rings. The molecule has 108 valence electrons. The van der Waals surface area contributed by atoms with Gasteiger partial charge >= 0.3 is 0 Å². The van der Waals surface area contributed by atoms with Crippen molar-refractivity contribution in [1.82, 2.24) is 10.4 Å². The summed E-state index contributed by atoms with van der Waals surface area (Å²) in [6.07, 6.45) is 1.86. The van der Waals surface area contributed by atoms with E-state index in [1.54, 1.807) is 23.2 Å². The third-order valence-electron chi connectivity index (χ3n) is 3.32. The highest BCUT2D eigenvalue weighted by Gasteiger charge is 2.34. The summed E-state index contributed by atoms with van der Waals surface area (Å²) in [4.78, 5) is 4.07. The number of nitrogens with two attached hydrogens (primary N) is 1. The molecule has 1 aromatic carbocycles. The molecule has 3 rings (SSSR count). The number of hydrogen-bond acceptors (Lipinski definition) is 4. The van der Waals surface area contributed by atoms with Crippen LogP contribution < -0.4 is 11.2 Å². The SMILES string of the molecule is N=C(N)C1=C2C=C(F)C=NC2N(Cc2ccccc2F)N1. The summed E-state index contributed by atoms with van der Waals surface area (Å²) in [6.45, 7) is 0.213. The first-order chi connectivity index (χ1) is 10.1. The zero-order chi connectivity index (χ0) is 15.0. The summed E-state index contributed by atoms with van der Waals surface area (Å²) in [5, 5.41) is 9.16. The smallest absolute Gasteiger partial charge is 0.147 e. The van der Waals surface area contributed by atoms with E-state index in [4.69, 9.17) is 11.1 Å². The van der Waals surface area contributed by atoms with Crippen molar-refractivity contribution in [2.45, 2.75) is 12.7 Å². The minimum absolute atomic E-state index is 0.213. The molecule has 0 fully saturated rings. The molecule has 4 N–H and O–H groups in total. The van der Waals surface area contributed by atoms with Crippen LogP contribution in [0.4, 0.5) is 8.78 Å². The van der Waals surface area contributed by atoms with Gasteiger partial charge in [0.1, 0.15) is 23.6 Å². The number of fused-ring (bicyclic) bond motifs is 1. The van der Waals surface area contributed by atoms with E-state index in [1.807, 2.05) is 0 Å². The molecule has 2 aliphatic heterocycles. The van der Waals surface area contributed by atoms with Gasteiger partial charge in [0.05, 0.1) is 11.9 Å². The van der Waals surface area contributed by atoms with Gasteiger partial charge in [0.25, 0.3) is 0 Å². The summed E-state index contributed by atoms with van der Waals surface area (Å²) in [5.41, 5.74) is 9.63. The van der Waals surface area contributed by atoms with Gasteiger partial charge in [-0.15, -0.1) is 0 Å². The average Bonchev–Trinajstić information content (AvgIpc) is 2.79. The van der Waals surface area contributed by atoms with Gasteiger partial charge in [0.2, 0.25) is 0 Å². The summed E-state index contributed by atoms with van der Waals surface area (Å²) in [7, 11) is 0. The van der Waals surface area contributed by atoms with Crippen LogP contribution in [0.15, 0.2) is 52.4 Å². The predicted molar refractivity (Wildman–Crippen MR) is 75.5 cm³/mol. The number of hydrogen-bond donors (Lipinski definition) is 3. The molecule has 0 spiro atoms. The third-order valence-corrected chi connectivity index (χ3v) is 3.32. The summed E-state index contributed by atoms with van der Waals surface area (Å²) in [5.74, 6) is -1.06. The first kappa shape index (κ1) is 13.4. The van der Waals surface area contributed by atoms with Crippen LogP contribution in [0.2, 0.25) is 0 Å². The topological polar surface area (TPSA) is 77.5 Å². The van der Waals surface area contributed by atoms with Crippen molar-refractivity contribution >= 4 is 12.1 Å². The molecular formula is C14H13F2N5. The van der Waals surface area contributed by atoms with Crippen molar-refractivity contribution < 1.29 is 8.78 Å². The Morgan fingerprint density at radius 1 is 1.38 bits per heavy atom. The number of dihydropyridines is 1. The van der Waals surface area contributed by atoms with E-state index < -0.39 is 12.0 Å². The first-order valence-corrected chi connectivity index (χ1v) is 6.32. The number of halogens is 2. The zero-order valence-electron chi connectivity index (χ0n) is 11.0. The summed E-state index contributed by atoms with van der Waals surface area (Å²) in [6, 6.07) is 6.37. The molecule has 2 aliphatic rings. The molecule has 0 amide bonds. The molecule has 7 heteroatoms. The number of nitrogens with one attached hydrogen (secondary N) is 2. The van der Waals surface area contributed by atoms with E-state index in [0.29, 0.717) is 16.8 Å². The molecule has 0 aromatic heterocycles. The van der Waals surface area contributed by atoms with Crippen LogP contribution in [0.5, 0.6) is 0 Å². The second-order valence-electron chi connectivity index (χ2n) is 4.76. The van der Waals surface area contributed by atoms with E-state index in [9.17, 15) is 8.78 Å². The van der Waals surface area contributed by atoms with Gasteiger partial charge in [-0.05, 0) is 12.1 Å². The molecule has 0 aliphatic carbocycles. The van der Waals surface area contributed by atoms with E-state index in [2.05, 4.69) is 10.4 Å². The van der Waals surface area contributed by atoms with Crippen LogP contribution in [0.3, 0.4) is 0 Å². The number of aliphatic imine (C=N–C) groups is 1. The van der Waals surface area contributed by atoms with Crippen molar-refractivity contribution in [1.29, 1.82) is 5.41 Å². The molecule has 1 unspecified atom stereocenters. The number of nitrogens with zero attached hydrogens (tertiary/aromatic N) is 2. The fourth-order valence-electron chi connectivity index (χ4n) is 2.35. The molecule has 21 heavy (non-hydrogen) atoms. The number of allylic oxidation sites excluding steroid dienone is 1. The third kappa shape index (κ3) is 2.43. The highest BCUT2D eigenvalue weighted by Crippen LogP contribution is 2.28. The fraction of sp³-hybridized carbons (Fsp3) is 0.143. The second-order valence-corrected chi connectivity index (χ2v) is 4.76. The number of rotatable bonds is 3. The minimum Gasteiger partial charge on any atom is -0.382 e. The van der Waals surface area contributed by atoms with Gasteiger partial charge in [-0.2, -0.15) is 5.01 Å². The lowest BCUT2D eigenvalue weighted by molar-refractivity contribution is 0.187. The van der Waals surface area contributed by atoms with Gasteiger partial charge in [-0.3, -0.25) is 10.4 Å². The Hall–Kier alpha value is -2.54. The maximum atomic E-state index is 13.7. The largest absolute Gasteiger partial charge is 0.382 e. The lowest BCUT2D eigenvalue weighted by Crippen LogP contribution is -2.39. The molecule has 2 heterocycles. The van der Waals surface area contributed by atoms with Crippen LogP contribution in [-0.2, 0) is 6.54 Å². The second kappa shape index (κ2) is 5.10. The fourth-order valence-corrected chi connectivity index (χ4v) is 2.35. The normalized spacial score (nSPS) is 21.0. The zero-order valence-corrected chi connectivity index (χ0v) is 11.0. The number of hydrazine groups is 1. The first-order valence-electron chi connectivity index (χ1n) is 6.32. The van der Waals surface area contributed by atoms with Gasteiger partial charge in [-0.1, -0.05) is 18.2 Å². The molecule has 0 saturated heterocycles. The summed E-state index contributed by atoms with van der Waals surface area (Å²) >= 11 is 0. The van der Waals surface area contributed by atoms with Crippen LogP contribution in [0.25, 0.3) is 0 Å². The van der Waals surface area contributed by atoms with E-state index in [0.717, 1.165) is 6.21 Å². The van der Waals surface area contributed by atoms with E-state index in [-0.39, 0.29) is 18.2 Å². The Kier molecular flexibility index (Phi) is 3.26. The van der Waals surface area contributed by atoms with Crippen LogP contribution in [0, 0.1) is 11.2 Å². The highest BCUT2D eigenvalue weighted by atomic mass is 19.1.